The van der Waals surface area contributed by atoms with E-state index in [0.717, 1.165) is 6.07 Å². The summed E-state index contributed by atoms with van der Waals surface area (Å²) in [6.45, 7) is -0.250. The molecule has 0 aliphatic carbocycles. The molecule has 0 unspecified atom stereocenters. The molecule has 0 radical (unpaired) electrons. The maximum absolute atomic E-state index is 10.4. The maximum atomic E-state index is 10.4. The molecule has 0 aliphatic rings. The highest BCUT2D eigenvalue weighted by Gasteiger charge is 2.07. The molecule has 12 nitrogen and oxygen atoms in total. The number of phenols is 2. The summed E-state index contributed by atoms with van der Waals surface area (Å²) in [5.74, 6) is -3.74. The van der Waals surface area contributed by atoms with Crippen molar-refractivity contribution >= 4 is 23.9 Å². The number of benzene rings is 4. The Morgan fingerprint density at radius 3 is 0.881 bits per heavy atom. The minimum Gasteiger partial charge on any atom is -0.508 e. The Morgan fingerprint density at radius 1 is 0.405 bits per heavy atom. The van der Waals surface area contributed by atoms with Gasteiger partial charge in [0.25, 0.3) is 0 Å². The quantitative estimate of drug-likeness (QED) is 0.167. The maximum Gasteiger partial charge on any atom is 0.335 e. The molecule has 4 aromatic carbocycles. The molecular weight excluding hydrogens is 552 g/mol. The molecular formula is C30H30O12. The lowest BCUT2D eigenvalue weighted by molar-refractivity contribution is 0.0681. The SMILES string of the molecule is O=C(O)c1ccc(C(=O)O)cc1.O=C(O)c1cccc(C(=O)O)c1.OCCO.Oc1ccccc1.Oc1ccccc1. The highest BCUT2D eigenvalue weighted by atomic mass is 16.4. The Morgan fingerprint density at radius 2 is 0.690 bits per heavy atom. The second-order valence-corrected chi connectivity index (χ2v) is 7.50. The summed E-state index contributed by atoms with van der Waals surface area (Å²) in [6, 6.07) is 27.6. The average Bonchev–Trinajstić information content (AvgIpc) is 2.99. The van der Waals surface area contributed by atoms with Crippen LogP contribution in [0.2, 0.25) is 0 Å². The van der Waals surface area contributed by atoms with E-state index >= 15 is 0 Å². The largest absolute Gasteiger partial charge is 0.508 e. The molecule has 0 heterocycles. The number of carboxylic acids is 4. The number of carbonyl (C=O) groups is 4. The van der Waals surface area contributed by atoms with E-state index in [4.69, 9.17) is 40.9 Å². The zero-order chi connectivity index (χ0) is 31.9. The third-order valence-electron chi connectivity index (χ3n) is 4.35. The van der Waals surface area contributed by atoms with Crippen molar-refractivity contribution in [3.8, 4) is 11.5 Å². The second-order valence-electron chi connectivity index (χ2n) is 7.50. The van der Waals surface area contributed by atoms with Crippen molar-refractivity contribution in [2.75, 3.05) is 13.2 Å². The fourth-order valence-corrected chi connectivity index (χ4v) is 2.40. The summed E-state index contributed by atoms with van der Waals surface area (Å²) in [5, 5.41) is 66.4. The molecule has 8 N–H and O–H groups in total. The number of hydrogen-bond acceptors (Lipinski definition) is 8. The first-order valence-electron chi connectivity index (χ1n) is 11.8. The predicted octanol–water partition coefficient (Wildman–Crippen LogP) is 3.92. The van der Waals surface area contributed by atoms with Gasteiger partial charge in [-0.25, -0.2) is 19.2 Å². The van der Waals surface area contributed by atoms with Crippen molar-refractivity contribution in [1.82, 2.24) is 0 Å². The zero-order valence-corrected chi connectivity index (χ0v) is 22.0. The van der Waals surface area contributed by atoms with Gasteiger partial charge in [0.1, 0.15) is 11.5 Å². The van der Waals surface area contributed by atoms with Crippen LogP contribution in [0, 0.1) is 0 Å². The topological polar surface area (TPSA) is 230 Å². The first-order chi connectivity index (χ1) is 19.9. The summed E-state index contributed by atoms with van der Waals surface area (Å²) in [7, 11) is 0. The standard InChI is InChI=1S/2C8H6O4.2C6H6O.C2H6O2/c9-7(10)5-1-2-6(4-3-5)8(11)12;9-7(10)5-2-1-3-6(4-5)8(11)12;2*7-6-4-2-1-3-5-6;3-1-2-4/h2*1-4H,(H,9,10)(H,11,12);2*1-5,7H;3-4H,1-2H2. The predicted molar refractivity (Wildman–Crippen MR) is 151 cm³/mol. The van der Waals surface area contributed by atoms with Crippen LogP contribution >= 0.6 is 0 Å². The van der Waals surface area contributed by atoms with Crippen LogP contribution in [0.15, 0.2) is 109 Å². The lowest BCUT2D eigenvalue weighted by Crippen LogP contribution is -2.01. The fraction of sp³-hybridized carbons (Fsp3) is 0.0667. The van der Waals surface area contributed by atoms with Crippen LogP contribution in [-0.2, 0) is 0 Å². The van der Waals surface area contributed by atoms with Gasteiger partial charge in [0, 0.05) is 0 Å². The molecule has 0 aliphatic heterocycles. The van der Waals surface area contributed by atoms with E-state index in [2.05, 4.69) is 0 Å². The molecule has 4 aromatic rings. The van der Waals surface area contributed by atoms with Gasteiger partial charge < -0.3 is 40.9 Å². The Balaban J connectivity index is 0.000000524. The molecule has 12 heteroatoms. The number of para-hydroxylation sites is 2. The van der Waals surface area contributed by atoms with Gasteiger partial charge >= 0.3 is 23.9 Å². The summed E-state index contributed by atoms with van der Waals surface area (Å²) in [6.07, 6.45) is 0. The van der Waals surface area contributed by atoms with Gasteiger partial charge in [0.05, 0.1) is 35.5 Å². The van der Waals surface area contributed by atoms with Crippen molar-refractivity contribution in [1.29, 1.82) is 0 Å². The smallest absolute Gasteiger partial charge is 0.335 e. The van der Waals surface area contributed by atoms with Crippen LogP contribution in [0.1, 0.15) is 41.4 Å². The van der Waals surface area contributed by atoms with Crippen LogP contribution in [0.4, 0.5) is 0 Å². The number of hydrogen-bond donors (Lipinski definition) is 8. The highest BCUT2D eigenvalue weighted by molar-refractivity contribution is 5.93. The van der Waals surface area contributed by atoms with Crippen molar-refractivity contribution in [2.24, 2.45) is 0 Å². The number of aromatic carboxylic acids is 4. The first kappa shape index (κ1) is 36.3. The van der Waals surface area contributed by atoms with E-state index < -0.39 is 23.9 Å². The van der Waals surface area contributed by atoms with E-state index in [1.165, 1.54) is 42.5 Å². The minimum absolute atomic E-state index is 0.0186. The van der Waals surface area contributed by atoms with Crippen LogP contribution < -0.4 is 0 Å². The number of carboxylic acid groups (broad SMARTS) is 4. The van der Waals surface area contributed by atoms with Gasteiger partial charge in [-0.2, -0.15) is 0 Å². The van der Waals surface area contributed by atoms with Gasteiger partial charge in [-0.3, -0.25) is 0 Å². The molecule has 42 heavy (non-hydrogen) atoms. The number of aliphatic hydroxyl groups is 2. The Labute approximate surface area is 240 Å². The van der Waals surface area contributed by atoms with Gasteiger partial charge in [-0.15, -0.1) is 0 Å². The minimum atomic E-state index is -1.13. The fourth-order valence-electron chi connectivity index (χ4n) is 2.40. The van der Waals surface area contributed by atoms with Gasteiger partial charge in [-0.05, 0) is 66.7 Å². The number of phenolic OH excluding ortho intramolecular Hbond substituents is 2. The normalized spacial score (nSPS) is 8.90. The third-order valence-corrected chi connectivity index (χ3v) is 4.35. The van der Waals surface area contributed by atoms with Gasteiger partial charge in [0.2, 0.25) is 0 Å². The van der Waals surface area contributed by atoms with Crippen molar-refractivity contribution in [3.05, 3.63) is 131 Å². The third kappa shape index (κ3) is 17.0. The lowest BCUT2D eigenvalue weighted by Gasteiger charge is -1.95. The van der Waals surface area contributed by atoms with Crippen LogP contribution in [0.5, 0.6) is 11.5 Å². The van der Waals surface area contributed by atoms with Gasteiger partial charge in [-0.1, -0.05) is 42.5 Å². The van der Waals surface area contributed by atoms with E-state index in [1.54, 1.807) is 48.5 Å². The lowest BCUT2D eigenvalue weighted by atomic mass is 10.1. The number of aromatic hydroxyl groups is 2. The molecule has 0 amide bonds. The van der Waals surface area contributed by atoms with E-state index in [9.17, 15) is 19.2 Å². The van der Waals surface area contributed by atoms with Crippen molar-refractivity contribution in [2.45, 2.75) is 0 Å². The Bertz CT molecular complexity index is 1250. The summed E-state index contributed by atoms with van der Waals surface area (Å²) < 4.78 is 0. The zero-order valence-electron chi connectivity index (χ0n) is 22.0. The van der Waals surface area contributed by atoms with E-state index in [1.807, 2.05) is 12.1 Å². The molecule has 0 saturated heterocycles. The summed E-state index contributed by atoms with van der Waals surface area (Å²) in [5.41, 5.74) is 0.129. The monoisotopic (exact) mass is 582 g/mol. The number of rotatable bonds is 5. The highest BCUT2D eigenvalue weighted by Crippen LogP contribution is 2.06. The van der Waals surface area contributed by atoms with E-state index in [0.29, 0.717) is 11.5 Å². The first-order valence-corrected chi connectivity index (χ1v) is 11.8. The molecule has 0 aromatic heterocycles. The molecule has 4 rings (SSSR count). The second kappa shape index (κ2) is 21.1. The van der Waals surface area contributed by atoms with Crippen LogP contribution in [0.25, 0.3) is 0 Å². The number of aliphatic hydroxyl groups excluding tert-OH is 2. The van der Waals surface area contributed by atoms with Gasteiger partial charge in [0.15, 0.2) is 0 Å². The van der Waals surface area contributed by atoms with Crippen LogP contribution in [-0.4, -0.2) is 77.9 Å². The van der Waals surface area contributed by atoms with E-state index in [-0.39, 0.29) is 35.5 Å². The molecule has 0 spiro atoms. The van der Waals surface area contributed by atoms with Crippen molar-refractivity contribution in [3.63, 3.8) is 0 Å². The average molecular weight is 583 g/mol. The summed E-state index contributed by atoms with van der Waals surface area (Å²) in [4.78, 5) is 41.4. The van der Waals surface area contributed by atoms with Crippen molar-refractivity contribution < 1.29 is 60.0 Å². The molecule has 0 bridgehead atoms. The summed E-state index contributed by atoms with van der Waals surface area (Å²) >= 11 is 0. The van der Waals surface area contributed by atoms with Crippen LogP contribution in [0.3, 0.4) is 0 Å². The molecule has 0 atom stereocenters. The Hall–Kier alpha value is -5.72. The molecule has 0 fully saturated rings. The molecule has 222 valence electrons. The molecule has 0 saturated carbocycles. The Kier molecular flexibility index (Phi) is 18.3.